The molecule has 104 valence electrons. The first-order valence-electron chi connectivity index (χ1n) is 6.83. The molecule has 0 aromatic heterocycles. The molecule has 6 nitrogen and oxygen atoms in total. The van der Waals surface area contributed by atoms with Crippen LogP contribution in [0.15, 0.2) is 0 Å². The van der Waals surface area contributed by atoms with Crippen LogP contribution < -0.4 is 5.48 Å². The van der Waals surface area contributed by atoms with Crippen LogP contribution in [-0.4, -0.2) is 68.4 Å². The average Bonchev–Trinajstić information content (AvgIpc) is 2.45. The Labute approximate surface area is 108 Å². The summed E-state index contributed by atoms with van der Waals surface area (Å²) in [5, 5.41) is 0. The SMILES string of the molecule is O=C(NOCCN1CCCCC1)N1CCOCC1. The Morgan fingerprint density at radius 2 is 1.83 bits per heavy atom. The standard InChI is InChI=1S/C12H23N3O3/c16-12(15-7-9-17-10-8-15)13-18-11-6-14-4-2-1-3-5-14/h1-11H2,(H,13,16). The van der Waals surface area contributed by atoms with Crippen molar-refractivity contribution < 1.29 is 14.4 Å². The molecular weight excluding hydrogens is 234 g/mol. The van der Waals surface area contributed by atoms with Crippen molar-refractivity contribution in [2.45, 2.75) is 19.3 Å². The zero-order chi connectivity index (χ0) is 12.6. The van der Waals surface area contributed by atoms with E-state index in [1.54, 1.807) is 4.90 Å². The molecule has 0 aromatic rings. The van der Waals surface area contributed by atoms with Crippen LogP contribution in [0, 0.1) is 0 Å². The summed E-state index contributed by atoms with van der Waals surface area (Å²) < 4.78 is 5.19. The smallest absolute Gasteiger partial charge is 0.341 e. The van der Waals surface area contributed by atoms with Gasteiger partial charge in [-0.05, 0) is 25.9 Å². The number of likely N-dealkylation sites (tertiary alicyclic amines) is 1. The molecule has 1 N–H and O–H groups in total. The first kappa shape index (κ1) is 13.6. The number of carbonyl (C=O) groups excluding carboxylic acids is 1. The number of hydrogen-bond donors (Lipinski definition) is 1. The van der Waals surface area contributed by atoms with Crippen LogP contribution in [0.5, 0.6) is 0 Å². The van der Waals surface area contributed by atoms with E-state index in [1.165, 1.54) is 19.3 Å². The lowest BCUT2D eigenvalue weighted by molar-refractivity contribution is 0.0112. The van der Waals surface area contributed by atoms with Gasteiger partial charge in [0.05, 0.1) is 19.8 Å². The number of hydrogen-bond acceptors (Lipinski definition) is 4. The quantitative estimate of drug-likeness (QED) is 0.587. The molecule has 0 radical (unpaired) electrons. The second kappa shape index (κ2) is 7.56. The van der Waals surface area contributed by atoms with Crippen molar-refractivity contribution in [2.75, 3.05) is 52.5 Å². The van der Waals surface area contributed by atoms with E-state index in [1.807, 2.05) is 0 Å². The zero-order valence-electron chi connectivity index (χ0n) is 10.9. The van der Waals surface area contributed by atoms with Crippen molar-refractivity contribution in [3.63, 3.8) is 0 Å². The minimum absolute atomic E-state index is 0.156. The molecule has 0 aromatic carbocycles. The van der Waals surface area contributed by atoms with Crippen LogP contribution in [-0.2, 0) is 9.57 Å². The topological polar surface area (TPSA) is 54.0 Å². The number of nitrogens with one attached hydrogen (secondary N) is 1. The van der Waals surface area contributed by atoms with Gasteiger partial charge in [0, 0.05) is 19.6 Å². The number of rotatable bonds is 4. The van der Waals surface area contributed by atoms with E-state index in [0.717, 1.165) is 19.6 Å². The highest BCUT2D eigenvalue weighted by atomic mass is 16.7. The van der Waals surface area contributed by atoms with E-state index in [-0.39, 0.29) is 6.03 Å². The summed E-state index contributed by atoms with van der Waals surface area (Å²) in [6, 6.07) is -0.156. The summed E-state index contributed by atoms with van der Waals surface area (Å²) in [5.41, 5.74) is 2.50. The number of ether oxygens (including phenoxy) is 1. The maximum Gasteiger partial charge on any atom is 0.341 e. The Morgan fingerprint density at radius 3 is 2.56 bits per heavy atom. The minimum atomic E-state index is -0.156. The molecule has 0 spiro atoms. The van der Waals surface area contributed by atoms with E-state index in [4.69, 9.17) is 9.57 Å². The third kappa shape index (κ3) is 4.44. The molecule has 0 bridgehead atoms. The molecule has 2 aliphatic rings. The molecule has 2 aliphatic heterocycles. The number of urea groups is 1. The fourth-order valence-electron chi connectivity index (χ4n) is 2.30. The second-order valence-electron chi connectivity index (χ2n) is 4.76. The minimum Gasteiger partial charge on any atom is -0.378 e. The van der Waals surface area contributed by atoms with Gasteiger partial charge in [-0.15, -0.1) is 0 Å². The van der Waals surface area contributed by atoms with Gasteiger partial charge >= 0.3 is 6.03 Å². The number of carbonyl (C=O) groups is 1. The van der Waals surface area contributed by atoms with E-state index in [9.17, 15) is 4.79 Å². The lowest BCUT2D eigenvalue weighted by atomic mass is 10.1. The Kier molecular flexibility index (Phi) is 5.70. The molecule has 2 rings (SSSR count). The molecule has 0 aliphatic carbocycles. The van der Waals surface area contributed by atoms with Crippen LogP contribution in [0.3, 0.4) is 0 Å². The maximum absolute atomic E-state index is 11.7. The Morgan fingerprint density at radius 1 is 1.11 bits per heavy atom. The first-order valence-corrected chi connectivity index (χ1v) is 6.83. The van der Waals surface area contributed by atoms with Crippen molar-refractivity contribution in [2.24, 2.45) is 0 Å². The van der Waals surface area contributed by atoms with Crippen LogP contribution in [0.4, 0.5) is 4.79 Å². The van der Waals surface area contributed by atoms with E-state index in [2.05, 4.69) is 10.4 Å². The van der Waals surface area contributed by atoms with Gasteiger partial charge < -0.3 is 14.5 Å². The molecule has 6 heteroatoms. The molecule has 0 atom stereocenters. The second-order valence-corrected chi connectivity index (χ2v) is 4.76. The van der Waals surface area contributed by atoms with Crippen LogP contribution in [0.2, 0.25) is 0 Å². The largest absolute Gasteiger partial charge is 0.378 e. The van der Waals surface area contributed by atoms with Gasteiger partial charge in [0.25, 0.3) is 0 Å². The highest BCUT2D eigenvalue weighted by Gasteiger charge is 2.16. The molecule has 0 unspecified atom stereocenters. The van der Waals surface area contributed by atoms with E-state index in [0.29, 0.717) is 32.9 Å². The van der Waals surface area contributed by atoms with Gasteiger partial charge in [0.2, 0.25) is 0 Å². The van der Waals surface area contributed by atoms with Gasteiger partial charge in [0.1, 0.15) is 0 Å². The fraction of sp³-hybridized carbons (Fsp3) is 0.917. The number of nitrogens with zero attached hydrogens (tertiary/aromatic N) is 2. The molecular formula is C12H23N3O3. The average molecular weight is 257 g/mol. The summed E-state index contributed by atoms with van der Waals surface area (Å²) in [6.07, 6.45) is 3.89. The van der Waals surface area contributed by atoms with Gasteiger partial charge in [-0.1, -0.05) is 6.42 Å². The zero-order valence-corrected chi connectivity index (χ0v) is 10.9. The summed E-state index contributed by atoms with van der Waals surface area (Å²) in [6.45, 7) is 6.26. The van der Waals surface area contributed by atoms with Crippen LogP contribution >= 0.6 is 0 Å². The Hall–Kier alpha value is -0.850. The lowest BCUT2D eigenvalue weighted by Gasteiger charge is -2.28. The molecule has 2 saturated heterocycles. The first-order chi connectivity index (χ1) is 8.86. The van der Waals surface area contributed by atoms with E-state index >= 15 is 0 Å². The highest BCUT2D eigenvalue weighted by Crippen LogP contribution is 2.07. The molecule has 18 heavy (non-hydrogen) atoms. The third-order valence-electron chi connectivity index (χ3n) is 3.42. The van der Waals surface area contributed by atoms with Crippen molar-refractivity contribution in [1.29, 1.82) is 0 Å². The summed E-state index contributed by atoms with van der Waals surface area (Å²) in [7, 11) is 0. The summed E-state index contributed by atoms with van der Waals surface area (Å²) in [5.74, 6) is 0. The van der Waals surface area contributed by atoms with Crippen LogP contribution in [0.1, 0.15) is 19.3 Å². The third-order valence-corrected chi connectivity index (χ3v) is 3.42. The molecule has 2 fully saturated rings. The van der Waals surface area contributed by atoms with Crippen molar-refractivity contribution >= 4 is 6.03 Å². The van der Waals surface area contributed by atoms with Gasteiger partial charge in [-0.2, -0.15) is 0 Å². The molecule has 0 saturated carbocycles. The van der Waals surface area contributed by atoms with Gasteiger partial charge in [-0.25, -0.2) is 10.3 Å². The fourth-order valence-corrected chi connectivity index (χ4v) is 2.30. The number of morpholine rings is 1. The van der Waals surface area contributed by atoms with E-state index < -0.39 is 0 Å². The number of piperidine rings is 1. The van der Waals surface area contributed by atoms with Gasteiger partial charge in [-0.3, -0.25) is 4.84 Å². The van der Waals surface area contributed by atoms with Crippen LogP contribution in [0.25, 0.3) is 0 Å². The summed E-state index contributed by atoms with van der Waals surface area (Å²) in [4.78, 5) is 21.0. The predicted octanol–water partition coefficient (Wildman–Crippen LogP) is 0.446. The Balaban J connectivity index is 1.52. The van der Waals surface area contributed by atoms with Gasteiger partial charge in [0.15, 0.2) is 0 Å². The molecule has 2 amide bonds. The predicted molar refractivity (Wildman–Crippen MR) is 67.2 cm³/mol. The number of amides is 2. The lowest BCUT2D eigenvalue weighted by Crippen LogP contribution is -2.46. The number of hydroxylamine groups is 1. The summed E-state index contributed by atoms with van der Waals surface area (Å²) >= 11 is 0. The monoisotopic (exact) mass is 257 g/mol. The van der Waals surface area contributed by atoms with Crippen molar-refractivity contribution in [1.82, 2.24) is 15.3 Å². The highest BCUT2D eigenvalue weighted by molar-refractivity contribution is 5.73. The normalized spacial score (nSPS) is 21.9. The maximum atomic E-state index is 11.7. The van der Waals surface area contributed by atoms with Crippen molar-refractivity contribution in [3.8, 4) is 0 Å². The Bertz CT molecular complexity index is 251. The van der Waals surface area contributed by atoms with Crippen molar-refractivity contribution in [3.05, 3.63) is 0 Å². The molecule has 2 heterocycles.